The molecule has 2 aliphatic rings. The van der Waals surface area contributed by atoms with E-state index in [1.54, 1.807) is 0 Å². The van der Waals surface area contributed by atoms with Crippen LogP contribution in [0.2, 0.25) is 0 Å². The summed E-state index contributed by atoms with van der Waals surface area (Å²) in [4.78, 5) is 6.93. The van der Waals surface area contributed by atoms with Gasteiger partial charge in [0.05, 0.1) is 0 Å². The van der Waals surface area contributed by atoms with Crippen LogP contribution in [0.1, 0.15) is 19.3 Å². The Bertz CT molecular complexity index is 559. The van der Waals surface area contributed by atoms with E-state index in [2.05, 4.69) is 15.0 Å². The number of hydrogen-bond donors (Lipinski definition) is 1. The molecule has 5 heteroatoms. The molecule has 2 fully saturated rings. The highest BCUT2D eigenvalue weighted by molar-refractivity contribution is 5.45. The molecule has 0 aromatic carbocycles. The number of pyridine rings is 1. The van der Waals surface area contributed by atoms with Gasteiger partial charge in [0, 0.05) is 25.3 Å². The Kier molecular flexibility index (Phi) is 2.48. The highest BCUT2D eigenvalue weighted by atomic mass is 15.4. The van der Waals surface area contributed by atoms with Gasteiger partial charge in [-0.15, -0.1) is 5.10 Å². The highest BCUT2D eigenvalue weighted by Crippen LogP contribution is 2.36. The predicted molar refractivity (Wildman–Crippen MR) is 74.0 cm³/mol. The first kappa shape index (κ1) is 11.2. The van der Waals surface area contributed by atoms with Gasteiger partial charge in [0.25, 0.3) is 0 Å². The fourth-order valence-corrected chi connectivity index (χ4v) is 3.63. The Morgan fingerprint density at radius 2 is 2.16 bits per heavy atom. The average molecular weight is 257 g/mol. The van der Waals surface area contributed by atoms with E-state index in [1.165, 1.54) is 19.3 Å². The highest BCUT2D eigenvalue weighted by Gasteiger charge is 2.39. The lowest BCUT2D eigenvalue weighted by atomic mass is 9.78. The van der Waals surface area contributed by atoms with E-state index in [9.17, 15) is 0 Å². The van der Waals surface area contributed by atoms with Crippen molar-refractivity contribution < 1.29 is 0 Å². The second-order valence-corrected chi connectivity index (χ2v) is 5.84. The first-order valence-electron chi connectivity index (χ1n) is 7.13. The third kappa shape index (κ3) is 1.80. The number of rotatable bonds is 1. The maximum Gasteiger partial charge on any atom is 0.245 e. The van der Waals surface area contributed by atoms with Crippen LogP contribution < -0.4 is 10.6 Å². The van der Waals surface area contributed by atoms with E-state index in [4.69, 9.17) is 5.73 Å². The molecule has 1 saturated heterocycles. The minimum absolute atomic E-state index is 0.362. The van der Waals surface area contributed by atoms with Crippen molar-refractivity contribution in [3.8, 4) is 0 Å². The van der Waals surface area contributed by atoms with Crippen molar-refractivity contribution in [2.45, 2.75) is 25.3 Å². The van der Waals surface area contributed by atoms with E-state index in [1.807, 2.05) is 28.9 Å². The fourth-order valence-electron chi connectivity index (χ4n) is 3.63. The molecule has 2 aromatic heterocycles. The van der Waals surface area contributed by atoms with Gasteiger partial charge in [0.1, 0.15) is 0 Å². The molecular weight excluding hydrogens is 238 g/mol. The molecule has 100 valence electrons. The van der Waals surface area contributed by atoms with Gasteiger partial charge >= 0.3 is 0 Å². The van der Waals surface area contributed by atoms with Crippen molar-refractivity contribution >= 4 is 11.6 Å². The minimum atomic E-state index is 0.362. The van der Waals surface area contributed by atoms with Gasteiger partial charge in [-0.3, -0.25) is 0 Å². The summed E-state index contributed by atoms with van der Waals surface area (Å²) in [6, 6.07) is 6.32. The molecule has 19 heavy (non-hydrogen) atoms. The van der Waals surface area contributed by atoms with Crippen LogP contribution in [-0.2, 0) is 0 Å². The summed E-state index contributed by atoms with van der Waals surface area (Å²) < 4.78 is 1.84. The van der Waals surface area contributed by atoms with Gasteiger partial charge in [0.2, 0.25) is 5.95 Å². The number of nitrogens with two attached hydrogens (primary N) is 1. The zero-order valence-electron chi connectivity index (χ0n) is 10.9. The molecule has 2 aromatic rings. The van der Waals surface area contributed by atoms with Crippen molar-refractivity contribution in [2.75, 3.05) is 18.0 Å². The van der Waals surface area contributed by atoms with E-state index in [-0.39, 0.29) is 0 Å². The van der Waals surface area contributed by atoms with Crippen LogP contribution in [0.5, 0.6) is 0 Å². The van der Waals surface area contributed by atoms with Crippen molar-refractivity contribution in [2.24, 2.45) is 17.6 Å². The maximum atomic E-state index is 6.26. The molecule has 0 amide bonds. The zero-order chi connectivity index (χ0) is 12.8. The summed E-state index contributed by atoms with van der Waals surface area (Å²) in [5.41, 5.74) is 7.18. The summed E-state index contributed by atoms with van der Waals surface area (Å²) in [7, 11) is 0. The smallest absolute Gasteiger partial charge is 0.245 e. The molecule has 1 aliphatic carbocycles. The van der Waals surface area contributed by atoms with Gasteiger partial charge < -0.3 is 10.6 Å². The lowest BCUT2D eigenvalue weighted by Crippen LogP contribution is -2.38. The Morgan fingerprint density at radius 1 is 1.21 bits per heavy atom. The predicted octanol–water partition coefficient (Wildman–Crippen LogP) is 1.29. The fraction of sp³-hybridized carbons (Fsp3) is 0.571. The van der Waals surface area contributed by atoms with Crippen LogP contribution >= 0.6 is 0 Å². The molecule has 1 aliphatic heterocycles. The largest absolute Gasteiger partial charge is 0.339 e. The van der Waals surface area contributed by atoms with Crippen molar-refractivity contribution in [3.63, 3.8) is 0 Å². The Balaban J connectivity index is 1.63. The second kappa shape index (κ2) is 4.20. The van der Waals surface area contributed by atoms with Crippen LogP contribution in [0.25, 0.3) is 5.65 Å². The molecule has 5 nitrogen and oxygen atoms in total. The number of fused-ring (bicyclic) bond motifs is 2. The Labute approximate surface area is 112 Å². The molecule has 0 bridgehead atoms. The summed E-state index contributed by atoms with van der Waals surface area (Å²) in [5.74, 6) is 2.21. The van der Waals surface area contributed by atoms with Gasteiger partial charge in [-0.05, 0) is 36.8 Å². The van der Waals surface area contributed by atoms with E-state index >= 15 is 0 Å². The molecule has 3 heterocycles. The average Bonchev–Trinajstić information content (AvgIpc) is 3.02. The summed E-state index contributed by atoms with van der Waals surface area (Å²) >= 11 is 0. The van der Waals surface area contributed by atoms with Gasteiger partial charge in [-0.2, -0.15) is 4.98 Å². The minimum Gasteiger partial charge on any atom is -0.339 e. The van der Waals surface area contributed by atoms with E-state index in [0.717, 1.165) is 30.6 Å². The number of nitrogens with zero attached hydrogens (tertiary/aromatic N) is 4. The molecular formula is C14H19N5. The Hall–Kier alpha value is -1.62. The molecule has 3 atom stereocenters. The van der Waals surface area contributed by atoms with Gasteiger partial charge in [-0.25, -0.2) is 4.52 Å². The summed E-state index contributed by atoms with van der Waals surface area (Å²) in [6.07, 6.45) is 5.70. The van der Waals surface area contributed by atoms with Crippen LogP contribution in [0.15, 0.2) is 24.4 Å². The normalized spacial score (nSPS) is 30.8. The topological polar surface area (TPSA) is 59.5 Å². The van der Waals surface area contributed by atoms with Crippen LogP contribution in [0.4, 0.5) is 5.95 Å². The first-order valence-corrected chi connectivity index (χ1v) is 7.13. The van der Waals surface area contributed by atoms with Crippen molar-refractivity contribution in [1.82, 2.24) is 14.6 Å². The van der Waals surface area contributed by atoms with Crippen LogP contribution in [0.3, 0.4) is 0 Å². The molecule has 0 spiro atoms. The third-order valence-corrected chi connectivity index (χ3v) is 4.67. The van der Waals surface area contributed by atoms with Crippen molar-refractivity contribution in [1.29, 1.82) is 0 Å². The number of hydrogen-bond acceptors (Lipinski definition) is 4. The van der Waals surface area contributed by atoms with E-state index in [0.29, 0.717) is 12.0 Å². The number of aromatic nitrogens is 3. The van der Waals surface area contributed by atoms with E-state index < -0.39 is 0 Å². The standard InChI is InChI=1S/C14H19N5/c15-12-5-3-4-10-8-18(9-11(10)12)14-16-13-6-1-2-7-19(13)17-14/h1-2,6-7,10-12H,3-5,8-9,15H2. The summed E-state index contributed by atoms with van der Waals surface area (Å²) in [5, 5.41) is 4.57. The molecule has 4 rings (SSSR count). The van der Waals surface area contributed by atoms with Crippen LogP contribution in [0, 0.1) is 11.8 Å². The quantitative estimate of drug-likeness (QED) is 0.836. The first-order chi connectivity index (χ1) is 9.31. The molecule has 1 saturated carbocycles. The lowest BCUT2D eigenvalue weighted by molar-refractivity contribution is 0.260. The molecule has 0 radical (unpaired) electrons. The second-order valence-electron chi connectivity index (χ2n) is 5.84. The lowest BCUT2D eigenvalue weighted by Gasteiger charge is -2.29. The SMILES string of the molecule is NC1CCCC2CN(c3nc4ccccn4n3)CC12. The van der Waals surface area contributed by atoms with Crippen LogP contribution in [-0.4, -0.2) is 33.7 Å². The Morgan fingerprint density at radius 3 is 3.00 bits per heavy atom. The van der Waals surface area contributed by atoms with Gasteiger partial charge in [-0.1, -0.05) is 12.5 Å². The molecule has 3 unspecified atom stereocenters. The zero-order valence-corrected chi connectivity index (χ0v) is 10.9. The van der Waals surface area contributed by atoms with Crippen molar-refractivity contribution in [3.05, 3.63) is 24.4 Å². The molecule has 2 N–H and O–H groups in total. The monoisotopic (exact) mass is 257 g/mol. The third-order valence-electron chi connectivity index (χ3n) is 4.67. The van der Waals surface area contributed by atoms with Gasteiger partial charge in [0.15, 0.2) is 5.65 Å². The summed E-state index contributed by atoms with van der Waals surface area (Å²) in [6.45, 7) is 2.08. The number of anilines is 1. The maximum absolute atomic E-state index is 6.26.